The van der Waals surface area contributed by atoms with Crippen LogP contribution in [0.2, 0.25) is 0 Å². The molecule has 0 amide bonds. The van der Waals surface area contributed by atoms with Crippen LogP contribution in [0.3, 0.4) is 0 Å². The van der Waals surface area contributed by atoms with Gasteiger partial charge in [0, 0.05) is 5.69 Å². The number of rotatable bonds is 8. The molecule has 2 rings (SSSR count). The van der Waals surface area contributed by atoms with Crippen LogP contribution >= 0.6 is 0 Å². The summed E-state index contributed by atoms with van der Waals surface area (Å²) in [7, 11) is 1.15. The number of carbonyl (C=O) groups is 2. The van der Waals surface area contributed by atoms with Crippen LogP contribution in [-0.2, 0) is 19.1 Å². The van der Waals surface area contributed by atoms with Crippen molar-refractivity contribution in [2.45, 2.75) is 18.6 Å². The minimum Gasteiger partial charge on any atom is -0.467 e. The van der Waals surface area contributed by atoms with E-state index in [4.69, 9.17) is 9.47 Å². The number of hydrogen-bond donors (Lipinski definition) is 2. The molecule has 0 aliphatic rings. The quantitative estimate of drug-likeness (QED) is 0.696. The molecule has 0 saturated carbocycles. The summed E-state index contributed by atoms with van der Waals surface area (Å²) in [6, 6.07) is 16.5. The van der Waals surface area contributed by atoms with Crippen molar-refractivity contribution in [1.29, 1.82) is 0 Å². The number of hydrogen-bond acceptors (Lipinski definition) is 6. The van der Waals surface area contributed by atoms with E-state index in [1.54, 1.807) is 49.4 Å². The van der Waals surface area contributed by atoms with E-state index in [2.05, 4.69) is 5.32 Å². The van der Waals surface area contributed by atoms with E-state index < -0.39 is 23.6 Å². The first-order valence-electron chi connectivity index (χ1n) is 8.54. The number of aliphatic hydroxyl groups is 1. The predicted molar refractivity (Wildman–Crippen MR) is 103 cm³/mol. The van der Waals surface area contributed by atoms with Crippen molar-refractivity contribution in [2.24, 2.45) is 0 Å². The lowest BCUT2D eigenvalue weighted by atomic mass is 9.92. The van der Waals surface area contributed by atoms with Gasteiger partial charge in [-0.2, -0.15) is 0 Å². The van der Waals surface area contributed by atoms with Crippen molar-refractivity contribution in [2.75, 3.05) is 19.0 Å². The summed E-state index contributed by atoms with van der Waals surface area (Å²) in [5.74, 6) is -1.75. The molecule has 142 valence electrons. The second-order valence-corrected chi connectivity index (χ2v) is 5.76. The second-order valence-electron chi connectivity index (χ2n) is 5.76. The molecule has 0 bridgehead atoms. The minimum atomic E-state index is -2.27. The van der Waals surface area contributed by atoms with Gasteiger partial charge in [0.25, 0.3) is 0 Å². The van der Waals surface area contributed by atoms with Gasteiger partial charge in [-0.3, -0.25) is 0 Å². The van der Waals surface area contributed by atoms with E-state index in [0.29, 0.717) is 5.69 Å². The zero-order valence-corrected chi connectivity index (χ0v) is 15.3. The number of ether oxygens (including phenoxy) is 2. The third kappa shape index (κ3) is 5.18. The lowest BCUT2D eigenvalue weighted by Gasteiger charge is -2.30. The summed E-state index contributed by atoms with van der Waals surface area (Å²) in [6.45, 7) is 1.75. The Kier molecular flexibility index (Phi) is 7.14. The highest BCUT2D eigenvalue weighted by Gasteiger charge is 2.48. The summed E-state index contributed by atoms with van der Waals surface area (Å²) in [5.41, 5.74) is -0.972. The van der Waals surface area contributed by atoms with E-state index >= 15 is 0 Å². The minimum absolute atomic E-state index is 0.103. The predicted octanol–water partition coefficient (Wildman–Crippen LogP) is 2.65. The largest absolute Gasteiger partial charge is 0.467 e. The molecule has 0 saturated heterocycles. The number of para-hydroxylation sites is 1. The summed E-state index contributed by atoms with van der Waals surface area (Å²) < 4.78 is 9.83. The van der Waals surface area contributed by atoms with Gasteiger partial charge in [0.1, 0.15) is 0 Å². The van der Waals surface area contributed by atoms with Crippen molar-refractivity contribution >= 4 is 23.7 Å². The maximum absolute atomic E-state index is 12.5. The highest BCUT2D eigenvalue weighted by Crippen LogP contribution is 2.23. The molecule has 0 heterocycles. The van der Waals surface area contributed by atoms with Crippen LogP contribution in [0.15, 0.2) is 66.7 Å². The Morgan fingerprint density at radius 3 is 2.26 bits per heavy atom. The maximum atomic E-state index is 12.5. The smallest absolute Gasteiger partial charge is 0.344 e. The molecule has 2 aromatic rings. The molecule has 0 aromatic heterocycles. The van der Waals surface area contributed by atoms with Gasteiger partial charge < -0.3 is 19.9 Å². The Hall–Kier alpha value is -3.12. The molecule has 6 heteroatoms. The molecule has 2 aromatic carbocycles. The van der Waals surface area contributed by atoms with Crippen LogP contribution in [0.4, 0.5) is 5.69 Å². The molecular weight excluding hydrogens is 346 g/mol. The lowest BCUT2D eigenvalue weighted by Crippen LogP contribution is -2.56. The molecule has 0 spiro atoms. The summed E-state index contributed by atoms with van der Waals surface area (Å²) in [4.78, 5) is 25.0. The van der Waals surface area contributed by atoms with E-state index in [0.717, 1.165) is 12.7 Å². The van der Waals surface area contributed by atoms with Gasteiger partial charge in [0.05, 0.1) is 13.7 Å². The lowest BCUT2D eigenvalue weighted by molar-refractivity contribution is -0.166. The Labute approximate surface area is 158 Å². The van der Waals surface area contributed by atoms with Crippen LogP contribution in [0.5, 0.6) is 0 Å². The topological polar surface area (TPSA) is 84.9 Å². The fourth-order valence-electron chi connectivity index (χ4n) is 2.51. The molecule has 0 radical (unpaired) electrons. The van der Waals surface area contributed by atoms with Crippen LogP contribution < -0.4 is 5.32 Å². The van der Waals surface area contributed by atoms with Crippen molar-refractivity contribution in [1.82, 2.24) is 0 Å². The third-order valence-corrected chi connectivity index (χ3v) is 3.89. The van der Waals surface area contributed by atoms with Crippen LogP contribution in [0.25, 0.3) is 6.08 Å². The molecule has 0 aliphatic carbocycles. The third-order valence-electron chi connectivity index (χ3n) is 3.89. The van der Waals surface area contributed by atoms with E-state index in [1.165, 1.54) is 6.08 Å². The monoisotopic (exact) mass is 369 g/mol. The van der Waals surface area contributed by atoms with Gasteiger partial charge in [-0.05, 0) is 30.7 Å². The van der Waals surface area contributed by atoms with Gasteiger partial charge in [-0.1, -0.05) is 54.6 Å². The second kappa shape index (κ2) is 9.54. The standard InChI is InChI=1S/C21H23NO5/c1-3-27-19(23)18(22-17-12-8-5-9-13-17)21(25,20(24)26-2)15-14-16-10-6-4-7-11-16/h4-15,18,22,25H,3H2,1-2H3/b15-14+/t18-,21+/m0/s1. The Morgan fingerprint density at radius 2 is 1.70 bits per heavy atom. The van der Waals surface area contributed by atoms with E-state index in [9.17, 15) is 14.7 Å². The Bertz CT molecular complexity index is 776. The summed E-state index contributed by atoms with van der Waals surface area (Å²) in [6.07, 6.45) is 2.79. The summed E-state index contributed by atoms with van der Waals surface area (Å²) in [5, 5.41) is 14.0. The molecule has 0 aliphatic heterocycles. The van der Waals surface area contributed by atoms with Gasteiger partial charge in [0.2, 0.25) is 5.60 Å². The Morgan fingerprint density at radius 1 is 1.11 bits per heavy atom. The van der Waals surface area contributed by atoms with E-state index in [1.807, 2.05) is 24.3 Å². The molecule has 27 heavy (non-hydrogen) atoms. The number of anilines is 1. The van der Waals surface area contributed by atoms with Crippen molar-refractivity contribution in [3.63, 3.8) is 0 Å². The molecular formula is C21H23NO5. The Balaban J connectivity index is 2.44. The highest BCUT2D eigenvalue weighted by atomic mass is 16.5. The average molecular weight is 369 g/mol. The number of methoxy groups -OCH3 is 1. The average Bonchev–Trinajstić information content (AvgIpc) is 2.71. The first-order chi connectivity index (χ1) is 13.0. The molecule has 2 atom stereocenters. The summed E-state index contributed by atoms with van der Waals surface area (Å²) >= 11 is 0. The van der Waals surface area contributed by atoms with Crippen molar-refractivity contribution in [3.8, 4) is 0 Å². The van der Waals surface area contributed by atoms with Gasteiger partial charge in [-0.25, -0.2) is 9.59 Å². The number of esters is 2. The first-order valence-corrected chi connectivity index (χ1v) is 8.54. The number of carbonyl (C=O) groups excluding carboxylic acids is 2. The van der Waals surface area contributed by atoms with E-state index in [-0.39, 0.29) is 6.61 Å². The van der Waals surface area contributed by atoms with Crippen molar-refractivity contribution in [3.05, 3.63) is 72.3 Å². The van der Waals surface area contributed by atoms with Crippen LogP contribution in [-0.4, -0.2) is 42.4 Å². The molecule has 2 N–H and O–H groups in total. The van der Waals surface area contributed by atoms with Gasteiger partial charge >= 0.3 is 11.9 Å². The zero-order valence-electron chi connectivity index (χ0n) is 15.3. The molecule has 0 fully saturated rings. The molecule has 0 unspecified atom stereocenters. The fraction of sp³-hybridized carbons (Fsp3) is 0.238. The van der Waals surface area contributed by atoms with Crippen LogP contribution in [0, 0.1) is 0 Å². The highest BCUT2D eigenvalue weighted by molar-refractivity contribution is 5.94. The van der Waals surface area contributed by atoms with Gasteiger partial charge in [0.15, 0.2) is 6.04 Å². The van der Waals surface area contributed by atoms with Crippen molar-refractivity contribution < 1.29 is 24.2 Å². The number of benzene rings is 2. The zero-order chi connectivity index (χ0) is 19.7. The maximum Gasteiger partial charge on any atom is 0.344 e. The normalized spacial score (nSPS) is 14.2. The fourth-order valence-corrected chi connectivity index (χ4v) is 2.51. The van der Waals surface area contributed by atoms with Crippen LogP contribution in [0.1, 0.15) is 12.5 Å². The first kappa shape index (κ1) is 20.2. The van der Waals surface area contributed by atoms with Gasteiger partial charge in [-0.15, -0.1) is 0 Å². The number of nitrogens with one attached hydrogen (secondary N) is 1. The SMILES string of the molecule is CCOC(=O)[C@H](Nc1ccccc1)[C@](O)(/C=C/c1ccccc1)C(=O)OC. The molecule has 6 nitrogen and oxygen atoms in total.